The number of nitrogens with two attached hydrogens (primary N) is 1. The number of nitrogens with zero attached hydrogens (tertiary/aromatic N) is 7. The molecule has 35 heavy (non-hydrogen) atoms. The van der Waals surface area contributed by atoms with Gasteiger partial charge in [-0.05, 0) is 52.0 Å². The van der Waals surface area contributed by atoms with Crippen LogP contribution >= 0.6 is 11.6 Å². The maximum absolute atomic E-state index is 11.5. The number of piperazine rings is 1. The van der Waals surface area contributed by atoms with Crippen LogP contribution in [0, 0.1) is 0 Å². The first kappa shape index (κ1) is 23.9. The lowest BCUT2D eigenvalue weighted by Gasteiger charge is -2.42. The minimum atomic E-state index is -0.527. The topological polar surface area (TPSA) is 94.7 Å². The summed E-state index contributed by atoms with van der Waals surface area (Å²) in [4.78, 5) is 35.4. The lowest BCUT2D eigenvalue weighted by atomic mass is 10.1. The maximum Gasteiger partial charge on any atom is 0.250 e. The summed E-state index contributed by atoms with van der Waals surface area (Å²) in [5.74, 6) is 3.05. The molecule has 2 aromatic rings. The molecule has 0 saturated carbocycles. The van der Waals surface area contributed by atoms with Gasteiger partial charge in [0.25, 0.3) is 0 Å². The molecule has 0 spiro atoms. The summed E-state index contributed by atoms with van der Waals surface area (Å²) >= 11 is 6.46. The van der Waals surface area contributed by atoms with E-state index in [1.54, 1.807) is 6.07 Å². The number of hydrogen-bond acceptors (Lipinski definition) is 8. The third-order valence-corrected chi connectivity index (χ3v) is 7.78. The second-order valence-corrected chi connectivity index (χ2v) is 10.4. The van der Waals surface area contributed by atoms with Gasteiger partial charge in [0.05, 0.1) is 10.6 Å². The van der Waals surface area contributed by atoms with Gasteiger partial charge < -0.3 is 25.3 Å². The fourth-order valence-electron chi connectivity index (χ4n) is 5.49. The molecule has 3 aliphatic heterocycles. The van der Waals surface area contributed by atoms with Crippen molar-refractivity contribution < 1.29 is 4.79 Å². The highest BCUT2D eigenvalue weighted by atomic mass is 35.5. The number of hydrogen-bond donors (Lipinski definition) is 1. The van der Waals surface area contributed by atoms with E-state index in [0.29, 0.717) is 22.4 Å². The molecule has 188 valence electrons. The summed E-state index contributed by atoms with van der Waals surface area (Å²) in [5, 5.41) is 0.446. The van der Waals surface area contributed by atoms with Crippen molar-refractivity contribution >= 4 is 40.9 Å². The van der Waals surface area contributed by atoms with Crippen molar-refractivity contribution in [2.45, 2.75) is 58.0 Å². The third kappa shape index (κ3) is 4.96. The van der Waals surface area contributed by atoms with Gasteiger partial charge in [0.2, 0.25) is 11.9 Å². The van der Waals surface area contributed by atoms with Crippen LogP contribution in [-0.4, -0.2) is 72.2 Å². The van der Waals surface area contributed by atoms with Gasteiger partial charge in [-0.3, -0.25) is 4.79 Å². The second kappa shape index (κ2) is 10.0. The Morgan fingerprint density at radius 2 is 1.69 bits per heavy atom. The Hall–Kier alpha value is -2.81. The Bertz CT molecular complexity index is 1080. The normalized spacial score (nSPS) is 23.2. The molecule has 5 rings (SSSR count). The lowest BCUT2D eigenvalue weighted by Crippen LogP contribution is -2.53. The Morgan fingerprint density at radius 3 is 2.34 bits per heavy atom. The van der Waals surface area contributed by atoms with Crippen molar-refractivity contribution in [1.29, 1.82) is 0 Å². The summed E-state index contributed by atoms with van der Waals surface area (Å²) in [6, 6.07) is 4.44. The standard InChI is InChI=1S/C25H35ClN8O/c1-17-7-6-10-34(17)25-29-21(31-8-4-3-5-9-31)14-22(30-25)33-12-11-32(16-18(33)2)24-20(26)13-19(15-28-24)23(27)35/h13-15,17-18H,3-12,16H2,1-2H3,(H2,27,35)/t17-,18-/m1/s1. The lowest BCUT2D eigenvalue weighted by molar-refractivity contribution is 0.1000. The van der Waals surface area contributed by atoms with Crippen molar-refractivity contribution in [1.82, 2.24) is 15.0 Å². The number of carbonyl (C=O) groups is 1. The highest BCUT2D eigenvalue weighted by Crippen LogP contribution is 2.32. The van der Waals surface area contributed by atoms with Crippen LogP contribution in [0.2, 0.25) is 5.02 Å². The zero-order chi connectivity index (χ0) is 24.5. The van der Waals surface area contributed by atoms with Crippen LogP contribution in [0.25, 0.3) is 0 Å². The number of carbonyl (C=O) groups excluding carboxylic acids is 1. The van der Waals surface area contributed by atoms with E-state index in [-0.39, 0.29) is 6.04 Å². The average molecular weight is 499 g/mol. The number of anilines is 4. The van der Waals surface area contributed by atoms with Crippen LogP contribution in [0.1, 0.15) is 56.3 Å². The predicted molar refractivity (Wildman–Crippen MR) is 141 cm³/mol. The second-order valence-electron chi connectivity index (χ2n) is 10.00. The van der Waals surface area contributed by atoms with Crippen LogP contribution in [-0.2, 0) is 0 Å². The zero-order valence-corrected chi connectivity index (χ0v) is 21.4. The van der Waals surface area contributed by atoms with Crippen molar-refractivity contribution in [3.8, 4) is 0 Å². The molecule has 2 aromatic heterocycles. The summed E-state index contributed by atoms with van der Waals surface area (Å²) in [7, 11) is 0. The first-order valence-electron chi connectivity index (χ1n) is 12.8. The summed E-state index contributed by atoms with van der Waals surface area (Å²) in [6.45, 7) is 9.90. The molecule has 5 heterocycles. The molecule has 0 aromatic carbocycles. The fraction of sp³-hybridized carbons (Fsp3) is 0.600. The number of amides is 1. The average Bonchev–Trinajstić information content (AvgIpc) is 3.30. The minimum absolute atomic E-state index is 0.199. The summed E-state index contributed by atoms with van der Waals surface area (Å²) < 4.78 is 0. The van der Waals surface area contributed by atoms with Crippen LogP contribution in [0.15, 0.2) is 18.3 Å². The zero-order valence-electron chi connectivity index (χ0n) is 20.7. The molecule has 0 radical (unpaired) electrons. The van der Waals surface area contributed by atoms with Gasteiger partial charge in [0.15, 0.2) is 0 Å². The van der Waals surface area contributed by atoms with E-state index in [4.69, 9.17) is 27.3 Å². The largest absolute Gasteiger partial charge is 0.366 e. The molecular formula is C25H35ClN8O. The number of halogens is 1. The van der Waals surface area contributed by atoms with Crippen molar-refractivity contribution in [2.24, 2.45) is 5.73 Å². The van der Waals surface area contributed by atoms with E-state index >= 15 is 0 Å². The van der Waals surface area contributed by atoms with Crippen LogP contribution in [0.4, 0.5) is 23.4 Å². The molecule has 3 aliphatic rings. The number of pyridine rings is 1. The van der Waals surface area contributed by atoms with Gasteiger partial charge in [-0.15, -0.1) is 0 Å². The number of primary amides is 1. The van der Waals surface area contributed by atoms with Crippen LogP contribution in [0.5, 0.6) is 0 Å². The van der Waals surface area contributed by atoms with E-state index in [1.807, 2.05) is 0 Å². The number of aromatic nitrogens is 3. The maximum atomic E-state index is 11.5. The fourth-order valence-corrected chi connectivity index (χ4v) is 5.78. The molecule has 9 nitrogen and oxygen atoms in total. The number of rotatable bonds is 5. The highest BCUT2D eigenvalue weighted by Gasteiger charge is 2.30. The Balaban J connectivity index is 1.40. The van der Waals surface area contributed by atoms with Crippen molar-refractivity contribution in [3.63, 3.8) is 0 Å². The molecule has 0 aliphatic carbocycles. The van der Waals surface area contributed by atoms with Crippen LogP contribution < -0.4 is 25.3 Å². The summed E-state index contributed by atoms with van der Waals surface area (Å²) in [5.41, 5.74) is 5.69. The third-order valence-electron chi connectivity index (χ3n) is 7.50. The quantitative estimate of drug-likeness (QED) is 0.670. The minimum Gasteiger partial charge on any atom is -0.366 e. The van der Waals surface area contributed by atoms with E-state index in [9.17, 15) is 4.79 Å². The molecule has 0 unspecified atom stereocenters. The smallest absolute Gasteiger partial charge is 0.250 e. The van der Waals surface area contributed by atoms with Gasteiger partial charge >= 0.3 is 0 Å². The van der Waals surface area contributed by atoms with Gasteiger partial charge in [-0.1, -0.05) is 11.6 Å². The molecule has 2 atom stereocenters. The highest BCUT2D eigenvalue weighted by molar-refractivity contribution is 6.33. The van der Waals surface area contributed by atoms with Crippen LogP contribution in [0.3, 0.4) is 0 Å². The van der Waals surface area contributed by atoms with Gasteiger partial charge in [0.1, 0.15) is 17.5 Å². The summed E-state index contributed by atoms with van der Waals surface area (Å²) in [6.07, 6.45) is 7.59. The molecule has 3 fully saturated rings. The first-order chi connectivity index (χ1) is 16.9. The molecular weight excluding hydrogens is 464 g/mol. The Labute approximate surface area is 212 Å². The van der Waals surface area contributed by atoms with E-state index < -0.39 is 5.91 Å². The molecule has 3 saturated heterocycles. The SMILES string of the molecule is C[C@@H]1CN(c2ncc(C(N)=O)cc2Cl)CCN1c1cc(N2CCCCC2)nc(N2CCC[C@H]2C)n1. The monoisotopic (exact) mass is 498 g/mol. The van der Waals surface area contributed by atoms with E-state index in [2.05, 4.69) is 44.5 Å². The Morgan fingerprint density at radius 1 is 0.914 bits per heavy atom. The molecule has 2 N–H and O–H groups in total. The van der Waals surface area contributed by atoms with E-state index in [1.165, 1.54) is 38.3 Å². The predicted octanol–water partition coefficient (Wildman–Crippen LogP) is 3.32. The first-order valence-corrected chi connectivity index (χ1v) is 13.2. The van der Waals surface area contributed by atoms with Gasteiger partial charge in [0, 0.05) is 63.6 Å². The number of piperidine rings is 1. The van der Waals surface area contributed by atoms with Gasteiger partial charge in [-0.2, -0.15) is 9.97 Å². The van der Waals surface area contributed by atoms with Crippen molar-refractivity contribution in [3.05, 3.63) is 28.9 Å². The van der Waals surface area contributed by atoms with Gasteiger partial charge in [-0.25, -0.2) is 4.98 Å². The Kier molecular flexibility index (Phi) is 6.86. The molecule has 10 heteroatoms. The van der Waals surface area contributed by atoms with Crippen molar-refractivity contribution in [2.75, 3.05) is 58.9 Å². The molecule has 0 bridgehead atoms. The molecule has 1 amide bonds. The van der Waals surface area contributed by atoms with E-state index in [0.717, 1.165) is 56.9 Å².